The highest BCUT2D eigenvalue weighted by molar-refractivity contribution is 9.10. The molecule has 0 unspecified atom stereocenters. The molecule has 0 aliphatic rings. The molecule has 0 aliphatic heterocycles. The topological polar surface area (TPSA) is 47.6 Å². The van der Waals surface area contributed by atoms with Crippen LogP contribution < -0.4 is 14.8 Å². The fourth-order valence-corrected chi connectivity index (χ4v) is 2.55. The predicted octanol–water partition coefficient (Wildman–Crippen LogP) is 4.37. The van der Waals surface area contributed by atoms with Gasteiger partial charge >= 0.3 is 0 Å². The van der Waals surface area contributed by atoms with Gasteiger partial charge < -0.3 is 14.8 Å². The molecule has 1 amide bonds. The summed E-state index contributed by atoms with van der Waals surface area (Å²) < 4.78 is 10.9. The van der Waals surface area contributed by atoms with Gasteiger partial charge in [-0.25, -0.2) is 0 Å². The lowest BCUT2D eigenvalue weighted by Crippen LogP contribution is -2.12. The Balaban J connectivity index is 2.18. The summed E-state index contributed by atoms with van der Waals surface area (Å²) in [6.07, 6.45) is 0. The summed E-state index contributed by atoms with van der Waals surface area (Å²) in [5, 5.41) is 3.21. The lowest BCUT2D eigenvalue weighted by molar-refractivity contribution is 0.102. The minimum atomic E-state index is -0.236. The molecule has 0 heterocycles. The molecule has 0 radical (unpaired) electrons. The number of hydrogen-bond donors (Lipinski definition) is 1. The lowest BCUT2D eigenvalue weighted by atomic mass is 10.2. The number of rotatable bonds is 4. The molecule has 0 saturated carbocycles. The van der Waals surface area contributed by atoms with Crippen LogP contribution in [0.3, 0.4) is 0 Å². The summed E-state index contributed by atoms with van der Waals surface area (Å²) in [5.74, 6) is 0.987. The third-order valence-corrected chi connectivity index (χ3v) is 3.74. The van der Waals surface area contributed by atoms with Crippen molar-refractivity contribution in [2.75, 3.05) is 19.5 Å². The highest BCUT2D eigenvalue weighted by Gasteiger charge is 2.10. The van der Waals surface area contributed by atoms with Gasteiger partial charge in [0.05, 0.1) is 23.7 Å². The fraction of sp³-hybridized carbons (Fsp3) is 0.133. The first kappa shape index (κ1) is 15.7. The Kier molecular flexibility index (Phi) is 5.09. The first-order chi connectivity index (χ1) is 10.0. The van der Waals surface area contributed by atoms with Crippen LogP contribution in [0.1, 0.15) is 10.4 Å². The molecule has 0 aromatic heterocycles. The van der Waals surface area contributed by atoms with E-state index in [4.69, 9.17) is 21.1 Å². The number of carbonyl (C=O) groups is 1. The predicted molar refractivity (Wildman–Crippen MR) is 86.7 cm³/mol. The van der Waals surface area contributed by atoms with Crippen molar-refractivity contribution in [3.05, 3.63) is 51.5 Å². The van der Waals surface area contributed by atoms with Gasteiger partial charge in [-0.3, -0.25) is 4.79 Å². The molecule has 1 N–H and O–H groups in total. The van der Waals surface area contributed by atoms with Crippen molar-refractivity contribution in [3.8, 4) is 11.5 Å². The van der Waals surface area contributed by atoms with Crippen LogP contribution in [0.25, 0.3) is 0 Å². The zero-order chi connectivity index (χ0) is 15.4. The molecule has 0 saturated heterocycles. The number of benzene rings is 2. The van der Waals surface area contributed by atoms with E-state index in [9.17, 15) is 4.79 Å². The Morgan fingerprint density at radius 2 is 1.76 bits per heavy atom. The van der Waals surface area contributed by atoms with Crippen LogP contribution in [-0.4, -0.2) is 20.1 Å². The number of halogens is 2. The van der Waals surface area contributed by atoms with Gasteiger partial charge in [-0.1, -0.05) is 11.6 Å². The molecular formula is C15H13BrClNO3. The lowest BCUT2D eigenvalue weighted by Gasteiger charge is -2.09. The van der Waals surface area contributed by atoms with E-state index in [1.807, 2.05) is 0 Å². The smallest absolute Gasteiger partial charge is 0.255 e. The highest BCUT2D eigenvalue weighted by atomic mass is 79.9. The number of ether oxygens (including phenoxy) is 2. The first-order valence-corrected chi connectivity index (χ1v) is 7.20. The molecule has 4 nitrogen and oxygen atoms in total. The normalized spacial score (nSPS) is 10.1. The summed E-state index contributed by atoms with van der Waals surface area (Å²) in [4.78, 5) is 12.2. The van der Waals surface area contributed by atoms with Crippen molar-refractivity contribution in [2.24, 2.45) is 0 Å². The monoisotopic (exact) mass is 369 g/mol. The van der Waals surface area contributed by atoms with E-state index in [0.717, 1.165) is 0 Å². The maximum atomic E-state index is 12.2. The van der Waals surface area contributed by atoms with E-state index in [-0.39, 0.29) is 5.91 Å². The quantitative estimate of drug-likeness (QED) is 0.869. The van der Waals surface area contributed by atoms with E-state index in [1.54, 1.807) is 43.5 Å². The molecule has 110 valence electrons. The third-order valence-electron chi connectivity index (χ3n) is 2.82. The van der Waals surface area contributed by atoms with Gasteiger partial charge in [-0.2, -0.15) is 0 Å². The molecule has 0 spiro atoms. The standard InChI is InChI=1S/C15H13BrClNO3/c1-20-13-5-3-9(7-11(13)16)15(19)18-10-4-6-14(21-2)12(17)8-10/h3-8H,1-2H3,(H,18,19). The van der Waals surface area contributed by atoms with Gasteiger partial charge in [0.2, 0.25) is 0 Å². The van der Waals surface area contributed by atoms with E-state index < -0.39 is 0 Å². The maximum absolute atomic E-state index is 12.2. The minimum Gasteiger partial charge on any atom is -0.496 e. The average molecular weight is 371 g/mol. The molecule has 0 aliphatic carbocycles. The van der Waals surface area contributed by atoms with Crippen molar-refractivity contribution < 1.29 is 14.3 Å². The van der Waals surface area contributed by atoms with Crippen molar-refractivity contribution in [3.63, 3.8) is 0 Å². The molecule has 2 rings (SSSR count). The number of methoxy groups -OCH3 is 2. The number of nitrogens with one attached hydrogen (secondary N) is 1. The van der Waals surface area contributed by atoms with Crippen LogP contribution >= 0.6 is 27.5 Å². The number of hydrogen-bond acceptors (Lipinski definition) is 3. The Morgan fingerprint density at radius 1 is 1.10 bits per heavy atom. The van der Waals surface area contributed by atoms with E-state index >= 15 is 0 Å². The Labute approximate surface area is 136 Å². The van der Waals surface area contributed by atoms with Gasteiger partial charge in [0, 0.05) is 11.3 Å². The van der Waals surface area contributed by atoms with Gasteiger partial charge in [-0.15, -0.1) is 0 Å². The summed E-state index contributed by atoms with van der Waals surface area (Å²) in [7, 11) is 3.10. The molecule has 0 bridgehead atoms. The van der Waals surface area contributed by atoms with Gasteiger partial charge in [0.25, 0.3) is 5.91 Å². The van der Waals surface area contributed by atoms with Crippen LogP contribution in [0, 0.1) is 0 Å². The summed E-state index contributed by atoms with van der Waals surface area (Å²) in [5.41, 5.74) is 1.10. The van der Waals surface area contributed by atoms with Crippen molar-refractivity contribution in [2.45, 2.75) is 0 Å². The van der Waals surface area contributed by atoms with Crippen LogP contribution in [0.2, 0.25) is 5.02 Å². The molecular weight excluding hydrogens is 358 g/mol. The van der Waals surface area contributed by atoms with Gasteiger partial charge in [-0.05, 0) is 52.3 Å². The van der Waals surface area contributed by atoms with Crippen LogP contribution in [-0.2, 0) is 0 Å². The Hall–Kier alpha value is -1.72. The fourth-order valence-electron chi connectivity index (χ4n) is 1.76. The molecule has 21 heavy (non-hydrogen) atoms. The van der Waals surface area contributed by atoms with E-state index in [2.05, 4.69) is 21.2 Å². The van der Waals surface area contributed by atoms with Crippen molar-refractivity contribution in [1.29, 1.82) is 0 Å². The molecule has 0 fully saturated rings. The minimum absolute atomic E-state index is 0.236. The zero-order valence-corrected chi connectivity index (χ0v) is 13.8. The van der Waals surface area contributed by atoms with Crippen molar-refractivity contribution in [1.82, 2.24) is 0 Å². The van der Waals surface area contributed by atoms with Gasteiger partial charge in [0.15, 0.2) is 0 Å². The van der Waals surface area contributed by atoms with E-state index in [1.165, 1.54) is 7.11 Å². The Bertz CT molecular complexity index is 676. The summed E-state index contributed by atoms with van der Waals surface area (Å²) in [6, 6.07) is 10.2. The van der Waals surface area contributed by atoms with Gasteiger partial charge in [0.1, 0.15) is 11.5 Å². The average Bonchev–Trinajstić information content (AvgIpc) is 2.47. The van der Waals surface area contributed by atoms with E-state index in [0.29, 0.717) is 32.2 Å². The third kappa shape index (κ3) is 3.68. The molecule has 2 aromatic carbocycles. The number of amides is 1. The SMILES string of the molecule is COc1ccc(NC(=O)c2ccc(OC)c(Br)c2)cc1Cl. The molecule has 2 aromatic rings. The van der Waals surface area contributed by atoms with Crippen LogP contribution in [0.4, 0.5) is 5.69 Å². The largest absolute Gasteiger partial charge is 0.496 e. The second-order valence-electron chi connectivity index (χ2n) is 4.15. The Morgan fingerprint density at radius 3 is 2.33 bits per heavy atom. The van der Waals surface area contributed by atoms with Crippen LogP contribution in [0.5, 0.6) is 11.5 Å². The highest BCUT2D eigenvalue weighted by Crippen LogP contribution is 2.28. The second-order valence-corrected chi connectivity index (χ2v) is 5.41. The summed E-state index contributed by atoms with van der Waals surface area (Å²) >= 11 is 9.37. The zero-order valence-electron chi connectivity index (χ0n) is 11.4. The number of carbonyl (C=O) groups excluding carboxylic acids is 1. The first-order valence-electron chi connectivity index (χ1n) is 6.03. The maximum Gasteiger partial charge on any atom is 0.255 e. The molecule has 0 atom stereocenters. The van der Waals surface area contributed by atoms with Crippen molar-refractivity contribution >= 4 is 39.1 Å². The second kappa shape index (κ2) is 6.83. The summed E-state index contributed by atoms with van der Waals surface area (Å²) in [6.45, 7) is 0. The molecule has 6 heteroatoms. The van der Waals surface area contributed by atoms with Crippen LogP contribution in [0.15, 0.2) is 40.9 Å². The number of anilines is 1.